The second kappa shape index (κ2) is 5.38. The number of anilines is 3. The van der Waals surface area contributed by atoms with Crippen molar-refractivity contribution in [3.8, 4) is 0 Å². The lowest BCUT2D eigenvalue weighted by Gasteiger charge is -2.15. The highest BCUT2D eigenvalue weighted by molar-refractivity contribution is 6.34. The molecule has 1 amide bonds. The molecule has 5 N–H and O–H groups in total. The molecule has 0 aromatic heterocycles. The molecule has 0 spiro atoms. The summed E-state index contributed by atoms with van der Waals surface area (Å²) in [6.07, 6.45) is 0. The Morgan fingerprint density at radius 2 is 2.00 bits per heavy atom. The van der Waals surface area contributed by atoms with Gasteiger partial charge in [0.15, 0.2) is 0 Å². The number of primary amides is 1. The topological polar surface area (TPSA) is 81.1 Å². The van der Waals surface area contributed by atoms with Crippen molar-refractivity contribution < 1.29 is 9.18 Å². The second-order valence-electron chi connectivity index (χ2n) is 4.35. The van der Waals surface area contributed by atoms with E-state index in [1.165, 1.54) is 18.2 Å². The van der Waals surface area contributed by atoms with Gasteiger partial charge in [0, 0.05) is 5.69 Å². The summed E-state index contributed by atoms with van der Waals surface area (Å²) in [6.45, 7) is 1.74. The maximum atomic E-state index is 13.8. The Morgan fingerprint density at radius 3 is 2.60 bits per heavy atom. The molecule has 0 bridgehead atoms. The van der Waals surface area contributed by atoms with Gasteiger partial charge in [0.2, 0.25) is 0 Å². The first-order chi connectivity index (χ1) is 9.40. The predicted octanol–water partition coefficient (Wildman–Crippen LogP) is 3.21. The highest BCUT2D eigenvalue weighted by Gasteiger charge is 2.16. The molecular formula is C14H13ClFN3O. The molecule has 0 atom stereocenters. The fourth-order valence-electron chi connectivity index (χ4n) is 1.86. The van der Waals surface area contributed by atoms with Crippen LogP contribution in [0.4, 0.5) is 21.5 Å². The van der Waals surface area contributed by atoms with Gasteiger partial charge in [-0.25, -0.2) is 4.39 Å². The first-order valence-electron chi connectivity index (χ1n) is 5.81. The number of hydrogen-bond donors (Lipinski definition) is 3. The van der Waals surface area contributed by atoms with E-state index in [2.05, 4.69) is 5.32 Å². The van der Waals surface area contributed by atoms with Gasteiger partial charge in [-0.3, -0.25) is 4.79 Å². The van der Waals surface area contributed by atoms with E-state index in [-0.39, 0.29) is 22.0 Å². The number of aryl methyl sites for hydroxylation is 1. The van der Waals surface area contributed by atoms with E-state index in [4.69, 9.17) is 23.1 Å². The van der Waals surface area contributed by atoms with Gasteiger partial charge in [0.05, 0.1) is 22.0 Å². The number of rotatable bonds is 3. The minimum Gasteiger partial charge on any atom is -0.399 e. The Balaban J connectivity index is 2.56. The molecule has 6 heteroatoms. The van der Waals surface area contributed by atoms with Crippen LogP contribution in [-0.2, 0) is 0 Å². The van der Waals surface area contributed by atoms with Crippen LogP contribution < -0.4 is 16.8 Å². The monoisotopic (exact) mass is 293 g/mol. The average molecular weight is 294 g/mol. The van der Waals surface area contributed by atoms with Crippen LogP contribution >= 0.6 is 11.6 Å². The van der Waals surface area contributed by atoms with E-state index in [1.807, 2.05) is 0 Å². The van der Waals surface area contributed by atoms with Crippen molar-refractivity contribution in [1.82, 2.24) is 0 Å². The third-order valence-electron chi connectivity index (χ3n) is 2.85. The Bertz CT molecular complexity index is 668. The average Bonchev–Trinajstić information content (AvgIpc) is 2.35. The molecule has 20 heavy (non-hydrogen) atoms. The molecule has 0 fully saturated rings. The molecule has 0 unspecified atom stereocenters. The van der Waals surface area contributed by atoms with Gasteiger partial charge in [0.1, 0.15) is 5.82 Å². The van der Waals surface area contributed by atoms with Crippen molar-refractivity contribution in [2.75, 3.05) is 11.1 Å². The van der Waals surface area contributed by atoms with Crippen LogP contribution in [0.3, 0.4) is 0 Å². The Kier molecular flexibility index (Phi) is 3.81. The largest absolute Gasteiger partial charge is 0.399 e. The summed E-state index contributed by atoms with van der Waals surface area (Å²) in [5.41, 5.74) is 12.5. The Morgan fingerprint density at radius 1 is 1.30 bits per heavy atom. The number of amides is 1. The number of carbonyl (C=O) groups excluding carboxylic acids is 1. The van der Waals surface area contributed by atoms with E-state index < -0.39 is 11.7 Å². The lowest BCUT2D eigenvalue weighted by Crippen LogP contribution is -2.14. The number of carbonyl (C=O) groups is 1. The van der Waals surface area contributed by atoms with Crippen molar-refractivity contribution in [2.45, 2.75) is 6.92 Å². The van der Waals surface area contributed by atoms with E-state index in [0.717, 1.165) is 0 Å². The van der Waals surface area contributed by atoms with Crippen LogP contribution in [0.15, 0.2) is 30.3 Å². The quantitative estimate of drug-likeness (QED) is 0.760. The van der Waals surface area contributed by atoms with E-state index in [1.54, 1.807) is 19.1 Å². The summed E-state index contributed by atoms with van der Waals surface area (Å²) in [7, 11) is 0. The number of halogens is 2. The molecule has 2 aromatic carbocycles. The lowest BCUT2D eigenvalue weighted by atomic mass is 10.1. The predicted molar refractivity (Wildman–Crippen MR) is 78.8 cm³/mol. The van der Waals surface area contributed by atoms with E-state index in [0.29, 0.717) is 11.3 Å². The number of hydrogen-bond acceptors (Lipinski definition) is 3. The van der Waals surface area contributed by atoms with Gasteiger partial charge in [-0.1, -0.05) is 23.7 Å². The fourth-order valence-corrected chi connectivity index (χ4v) is 2.14. The molecule has 0 heterocycles. The molecule has 2 rings (SSSR count). The van der Waals surface area contributed by atoms with Gasteiger partial charge in [0.25, 0.3) is 5.91 Å². The van der Waals surface area contributed by atoms with Crippen LogP contribution in [0.2, 0.25) is 5.02 Å². The smallest absolute Gasteiger partial charge is 0.250 e. The molecular weight excluding hydrogens is 281 g/mol. The van der Waals surface area contributed by atoms with Crippen molar-refractivity contribution in [2.24, 2.45) is 5.73 Å². The molecule has 0 saturated heterocycles. The first kappa shape index (κ1) is 14.1. The van der Waals surface area contributed by atoms with Crippen LogP contribution in [0.5, 0.6) is 0 Å². The standard InChI is InChI=1S/C14H13ClFN3O/c1-7-3-2-4-11(16)12(7)19-13-9(14(18)20)5-8(17)6-10(13)15/h2-6,19H,17H2,1H3,(H2,18,20). The van der Waals surface area contributed by atoms with E-state index >= 15 is 0 Å². The number of para-hydroxylation sites is 1. The normalized spacial score (nSPS) is 10.3. The summed E-state index contributed by atoms with van der Waals surface area (Å²) in [6, 6.07) is 7.50. The lowest BCUT2D eigenvalue weighted by molar-refractivity contribution is 0.100. The molecule has 104 valence electrons. The van der Waals surface area contributed by atoms with Crippen molar-refractivity contribution in [1.29, 1.82) is 0 Å². The van der Waals surface area contributed by atoms with Crippen LogP contribution in [0.25, 0.3) is 0 Å². The molecule has 0 radical (unpaired) electrons. The van der Waals surface area contributed by atoms with E-state index in [9.17, 15) is 9.18 Å². The summed E-state index contributed by atoms with van der Waals surface area (Å²) < 4.78 is 13.8. The maximum absolute atomic E-state index is 13.8. The van der Waals surface area contributed by atoms with Gasteiger partial charge >= 0.3 is 0 Å². The van der Waals surface area contributed by atoms with Gasteiger partial charge in [-0.05, 0) is 30.7 Å². The van der Waals surface area contributed by atoms with Crippen LogP contribution in [0.1, 0.15) is 15.9 Å². The highest BCUT2D eigenvalue weighted by Crippen LogP contribution is 2.33. The molecule has 0 aliphatic carbocycles. The summed E-state index contributed by atoms with van der Waals surface area (Å²) in [4.78, 5) is 11.5. The molecule has 0 saturated carbocycles. The fraction of sp³-hybridized carbons (Fsp3) is 0.0714. The van der Waals surface area contributed by atoms with Gasteiger partial charge in [-0.15, -0.1) is 0 Å². The zero-order valence-corrected chi connectivity index (χ0v) is 11.5. The van der Waals surface area contributed by atoms with Crippen molar-refractivity contribution >= 4 is 34.6 Å². The van der Waals surface area contributed by atoms with Crippen molar-refractivity contribution in [3.05, 3.63) is 52.3 Å². The zero-order chi connectivity index (χ0) is 14.9. The zero-order valence-electron chi connectivity index (χ0n) is 10.7. The Labute approximate surface area is 120 Å². The highest BCUT2D eigenvalue weighted by atomic mass is 35.5. The second-order valence-corrected chi connectivity index (χ2v) is 4.75. The Hall–Kier alpha value is -2.27. The minimum atomic E-state index is -0.698. The number of nitrogens with two attached hydrogens (primary N) is 2. The summed E-state index contributed by atoms with van der Waals surface area (Å²) in [5.74, 6) is -1.15. The van der Waals surface area contributed by atoms with Gasteiger partial charge in [-0.2, -0.15) is 0 Å². The van der Waals surface area contributed by atoms with Crippen LogP contribution in [-0.4, -0.2) is 5.91 Å². The van der Waals surface area contributed by atoms with Gasteiger partial charge < -0.3 is 16.8 Å². The number of nitrogen functional groups attached to an aromatic ring is 1. The third-order valence-corrected chi connectivity index (χ3v) is 3.15. The molecule has 0 aliphatic rings. The molecule has 2 aromatic rings. The molecule has 4 nitrogen and oxygen atoms in total. The number of benzene rings is 2. The summed E-state index contributed by atoms with van der Waals surface area (Å²) in [5, 5.41) is 3.02. The first-order valence-corrected chi connectivity index (χ1v) is 6.19. The van der Waals surface area contributed by atoms with Crippen LogP contribution in [0, 0.1) is 12.7 Å². The maximum Gasteiger partial charge on any atom is 0.250 e. The van der Waals surface area contributed by atoms with Crippen molar-refractivity contribution in [3.63, 3.8) is 0 Å². The number of nitrogens with one attached hydrogen (secondary N) is 1. The molecule has 0 aliphatic heterocycles. The third kappa shape index (κ3) is 2.67. The minimum absolute atomic E-state index is 0.109. The SMILES string of the molecule is Cc1cccc(F)c1Nc1c(Cl)cc(N)cc1C(N)=O. The summed E-state index contributed by atoms with van der Waals surface area (Å²) >= 11 is 6.06.